The third kappa shape index (κ3) is 17.6. The fourth-order valence-corrected chi connectivity index (χ4v) is 1.87. The molecule has 0 aliphatic carbocycles. The van der Waals surface area contributed by atoms with E-state index < -0.39 is 0 Å². The molecule has 3 nitrogen and oxygen atoms in total. The van der Waals surface area contributed by atoms with E-state index in [0.717, 1.165) is 32.7 Å². The molecule has 1 unspecified atom stereocenters. The van der Waals surface area contributed by atoms with Gasteiger partial charge in [0.1, 0.15) is 0 Å². The summed E-state index contributed by atoms with van der Waals surface area (Å²) in [6.45, 7) is 6.55. The van der Waals surface area contributed by atoms with Crippen LogP contribution >= 0.6 is 72.0 Å². The van der Waals surface area contributed by atoms with E-state index in [2.05, 4.69) is 22.5 Å². The lowest BCUT2D eigenvalue weighted by Crippen LogP contribution is -2.47. The zero-order valence-corrected chi connectivity index (χ0v) is 15.8. The van der Waals surface area contributed by atoms with Crippen molar-refractivity contribution >= 4 is 72.0 Å². The van der Waals surface area contributed by atoms with E-state index in [1.165, 1.54) is 0 Å². The molecule has 0 fully saturated rings. The van der Waals surface area contributed by atoms with Crippen molar-refractivity contribution in [2.24, 2.45) is 0 Å². The summed E-state index contributed by atoms with van der Waals surface area (Å²) in [6, 6.07) is 0. The largest absolute Gasteiger partial charge is 0.314 e. The van der Waals surface area contributed by atoms with Gasteiger partial charge in [0.15, 0.2) is 0 Å². The zero-order chi connectivity index (χ0) is 12.2. The lowest BCUT2D eigenvalue weighted by Gasteiger charge is -2.29. The molecule has 0 saturated carbocycles. The average Bonchev–Trinajstić information content (AvgIpc) is 2.30. The summed E-state index contributed by atoms with van der Waals surface area (Å²) in [4.78, 5) is 2.29. The van der Waals surface area contributed by atoms with Gasteiger partial charge < -0.3 is 10.6 Å². The molecule has 0 aromatic carbocycles. The molecule has 0 aliphatic heterocycles. The third-order valence-corrected chi connectivity index (χ3v) is 2.85. The first-order chi connectivity index (χ1) is 7.76. The van der Waals surface area contributed by atoms with E-state index in [-0.39, 0.29) is 37.2 Å². The molecule has 1 atom stereocenters. The van der Waals surface area contributed by atoms with E-state index in [1.807, 2.05) is 0 Å². The highest BCUT2D eigenvalue weighted by Crippen LogP contribution is 1.96. The second-order valence-corrected chi connectivity index (χ2v) is 4.62. The van der Waals surface area contributed by atoms with Crippen LogP contribution in [0.15, 0.2) is 0 Å². The fraction of sp³-hybridized carbons (Fsp3) is 1.00. The molecular weight excluding hydrogens is 375 g/mol. The van der Waals surface area contributed by atoms with Gasteiger partial charge in [-0.2, -0.15) is 0 Å². The van der Waals surface area contributed by atoms with Crippen molar-refractivity contribution in [1.82, 2.24) is 15.5 Å². The predicted molar refractivity (Wildman–Crippen MR) is 95.8 cm³/mol. The van der Waals surface area contributed by atoms with Gasteiger partial charge in [-0.3, -0.25) is 4.90 Å². The van der Waals surface area contributed by atoms with Crippen molar-refractivity contribution in [3.8, 4) is 0 Å². The standard InChI is InChI=1S/C10H22Cl3N3.3ClH/c1-10(15-6-3-12)16(8-4-13)9-7-14-5-2-11;;;/h10,14-15H,2-9H2,1H3;3*1H. The van der Waals surface area contributed by atoms with Crippen molar-refractivity contribution in [2.45, 2.75) is 13.1 Å². The van der Waals surface area contributed by atoms with Crippen LogP contribution in [0.4, 0.5) is 0 Å². The van der Waals surface area contributed by atoms with Crippen LogP contribution in [-0.2, 0) is 0 Å². The Morgan fingerprint density at radius 1 is 0.842 bits per heavy atom. The van der Waals surface area contributed by atoms with Gasteiger partial charge in [-0.25, -0.2) is 0 Å². The topological polar surface area (TPSA) is 27.3 Å². The van der Waals surface area contributed by atoms with Gasteiger partial charge in [-0.05, 0) is 6.92 Å². The molecule has 0 saturated heterocycles. The van der Waals surface area contributed by atoms with E-state index in [1.54, 1.807) is 0 Å². The Morgan fingerprint density at radius 2 is 1.42 bits per heavy atom. The molecule has 0 aliphatic rings. The van der Waals surface area contributed by atoms with Gasteiger partial charge in [0.05, 0.1) is 6.17 Å². The minimum Gasteiger partial charge on any atom is -0.314 e. The normalized spacial score (nSPS) is 11.2. The maximum Gasteiger partial charge on any atom is 0.0569 e. The molecule has 0 amide bonds. The summed E-state index contributed by atoms with van der Waals surface area (Å²) in [5.74, 6) is 1.92. The van der Waals surface area contributed by atoms with E-state index in [0.29, 0.717) is 23.8 Å². The summed E-state index contributed by atoms with van der Waals surface area (Å²) in [5, 5.41) is 6.60. The number of nitrogens with zero attached hydrogens (tertiary/aromatic N) is 1. The number of hydrogen-bond acceptors (Lipinski definition) is 3. The maximum absolute atomic E-state index is 5.78. The minimum absolute atomic E-state index is 0. The van der Waals surface area contributed by atoms with Crippen LogP contribution in [0.3, 0.4) is 0 Å². The summed E-state index contributed by atoms with van der Waals surface area (Å²) >= 11 is 17.0. The van der Waals surface area contributed by atoms with Gasteiger partial charge >= 0.3 is 0 Å². The van der Waals surface area contributed by atoms with Crippen LogP contribution in [-0.4, -0.2) is 61.4 Å². The molecule has 0 spiro atoms. The first kappa shape index (κ1) is 28.7. The maximum atomic E-state index is 5.78. The highest BCUT2D eigenvalue weighted by molar-refractivity contribution is 6.18. The van der Waals surface area contributed by atoms with Crippen LogP contribution in [0.1, 0.15) is 6.92 Å². The summed E-state index contributed by atoms with van der Waals surface area (Å²) in [7, 11) is 0. The Balaban J connectivity index is -0.000000375. The van der Waals surface area contributed by atoms with Gasteiger partial charge in [0.25, 0.3) is 0 Å². The van der Waals surface area contributed by atoms with Gasteiger partial charge in [-0.1, -0.05) is 0 Å². The van der Waals surface area contributed by atoms with Crippen molar-refractivity contribution in [3.63, 3.8) is 0 Å². The Kier molecular flexibility index (Phi) is 33.1. The molecule has 0 heterocycles. The van der Waals surface area contributed by atoms with Crippen molar-refractivity contribution < 1.29 is 0 Å². The van der Waals surface area contributed by atoms with Gasteiger partial charge in [0.2, 0.25) is 0 Å². The Hall–Kier alpha value is 1.62. The predicted octanol–water partition coefficient (Wildman–Crippen LogP) is 2.80. The molecule has 0 aromatic heterocycles. The van der Waals surface area contributed by atoms with Crippen molar-refractivity contribution in [1.29, 1.82) is 0 Å². The molecule has 0 radical (unpaired) electrons. The summed E-state index contributed by atoms with van der Waals surface area (Å²) in [5.41, 5.74) is 0. The second-order valence-electron chi connectivity index (χ2n) is 3.48. The highest BCUT2D eigenvalue weighted by Gasteiger charge is 2.11. The SMILES string of the molecule is CC(NCCCl)N(CCCl)CCNCCCl.Cl.Cl.Cl. The smallest absolute Gasteiger partial charge is 0.0569 e. The molecule has 2 N–H and O–H groups in total. The second kappa shape index (κ2) is 21.9. The van der Waals surface area contributed by atoms with E-state index in [9.17, 15) is 0 Å². The lowest BCUT2D eigenvalue weighted by molar-refractivity contribution is 0.192. The molecule has 0 aromatic rings. The molecular formula is C10H25Cl6N3. The van der Waals surface area contributed by atoms with Crippen LogP contribution < -0.4 is 10.6 Å². The lowest BCUT2D eigenvalue weighted by atomic mass is 10.4. The number of hydrogen-bond donors (Lipinski definition) is 2. The van der Waals surface area contributed by atoms with Crippen molar-refractivity contribution in [2.75, 3.05) is 50.4 Å². The number of rotatable bonds is 11. The van der Waals surface area contributed by atoms with Gasteiger partial charge in [-0.15, -0.1) is 72.0 Å². The number of alkyl halides is 3. The molecule has 0 bridgehead atoms. The van der Waals surface area contributed by atoms with Crippen LogP contribution in [0.2, 0.25) is 0 Å². The summed E-state index contributed by atoms with van der Waals surface area (Å²) < 4.78 is 0. The number of nitrogens with one attached hydrogen (secondary N) is 2. The van der Waals surface area contributed by atoms with Crippen LogP contribution in [0, 0.1) is 0 Å². The van der Waals surface area contributed by atoms with E-state index in [4.69, 9.17) is 34.8 Å². The Bertz CT molecular complexity index is 155. The monoisotopic (exact) mass is 397 g/mol. The molecule has 9 heteroatoms. The van der Waals surface area contributed by atoms with Crippen LogP contribution in [0.5, 0.6) is 0 Å². The Labute approximate surface area is 150 Å². The molecule has 19 heavy (non-hydrogen) atoms. The zero-order valence-electron chi connectivity index (χ0n) is 11.0. The summed E-state index contributed by atoms with van der Waals surface area (Å²) in [6.07, 6.45) is 0.301. The van der Waals surface area contributed by atoms with Crippen LogP contribution in [0.25, 0.3) is 0 Å². The Morgan fingerprint density at radius 3 is 1.89 bits per heavy atom. The quantitative estimate of drug-likeness (QED) is 0.318. The first-order valence-corrected chi connectivity index (χ1v) is 7.22. The fourth-order valence-electron chi connectivity index (χ4n) is 1.41. The molecule has 122 valence electrons. The third-order valence-electron chi connectivity index (χ3n) is 2.30. The van der Waals surface area contributed by atoms with E-state index >= 15 is 0 Å². The molecule has 0 rings (SSSR count). The average molecular weight is 400 g/mol. The number of halogens is 6. The van der Waals surface area contributed by atoms with Gasteiger partial charge in [0, 0.05) is 50.4 Å². The minimum atomic E-state index is 0. The highest BCUT2D eigenvalue weighted by atomic mass is 35.5. The van der Waals surface area contributed by atoms with Crippen molar-refractivity contribution in [3.05, 3.63) is 0 Å². The first-order valence-electron chi connectivity index (χ1n) is 5.62.